The van der Waals surface area contributed by atoms with E-state index in [0.717, 1.165) is 0 Å². The van der Waals surface area contributed by atoms with Crippen molar-refractivity contribution in [2.24, 2.45) is 11.8 Å². The van der Waals surface area contributed by atoms with Crippen molar-refractivity contribution in [3.63, 3.8) is 0 Å². The first-order valence-corrected chi connectivity index (χ1v) is 7.20. The third kappa shape index (κ3) is 5.89. The summed E-state index contributed by atoms with van der Waals surface area (Å²) in [7, 11) is 0. The Bertz CT molecular complexity index is 273. The molecule has 0 saturated heterocycles. The fourth-order valence-electron chi connectivity index (χ4n) is 2.24. The molecule has 1 saturated carbocycles. The summed E-state index contributed by atoms with van der Waals surface area (Å²) in [5.41, 5.74) is 2.07. The molecule has 0 amide bonds. The number of hydroxylamine groups is 1. The van der Waals surface area contributed by atoms with E-state index in [0.29, 0.717) is 51.4 Å². The second-order valence-electron chi connectivity index (χ2n) is 5.78. The van der Waals surface area contributed by atoms with Gasteiger partial charge in [0.05, 0.1) is 24.7 Å². The van der Waals surface area contributed by atoms with E-state index in [4.69, 9.17) is 9.57 Å². The lowest BCUT2D eigenvalue weighted by molar-refractivity contribution is -0.151. The highest BCUT2D eigenvalue weighted by molar-refractivity contribution is 5.72. The van der Waals surface area contributed by atoms with E-state index in [9.17, 15) is 9.90 Å². The first kappa shape index (κ1) is 16.4. The summed E-state index contributed by atoms with van der Waals surface area (Å²) in [5.74, 6) is 0.270. The minimum absolute atomic E-state index is 0.0585. The third-order valence-electron chi connectivity index (χ3n) is 3.46. The summed E-state index contributed by atoms with van der Waals surface area (Å²) in [5, 5.41) is 10.4. The average Bonchev–Trinajstić information content (AvgIpc) is 2.36. The predicted octanol–water partition coefficient (Wildman–Crippen LogP) is 1.65. The molecule has 0 aromatic heterocycles. The molecule has 1 fully saturated rings. The van der Waals surface area contributed by atoms with Crippen LogP contribution in [-0.2, 0) is 14.4 Å². The zero-order valence-corrected chi connectivity index (χ0v) is 12.3. The van der Waals surface area contributed by atoms with Crippen molar-refractivity contribution >= 4 is 5.97 Å². The maximum Gasteiger partial charge on any atom is 0.308 e. The fourth-order valence-corrected chi connectivity index (χ4v) is 2.24. The van der Waals surface area contributed by atoms with Gasteiger partial charge >= 0.3 is 5.97 Å². The Balaban J connectivity index is 2.25. The summed E-state index contributed by atoms with van der Waals surface area (Å²) >= 11 is 0. The summed E-state index contributed by atoms with van der Waals surface area (Å²) in [6, 6.07) is 0. The van der Waals surface area contributed by atoms with E-state index < -0.39 is 5.60 Å². The molecule has 0 radical (unpaired) electrons. The minimum Gasteiger partial charge on any atom is -0.466 e. The SMILES string of the molecule is CCOC(=O)C1CCC(O)(CNOCC(C)C)CC1. The molecule has 1 aliphatic rings. The molecule has 0 atom stereocenters. The largest absolute Gasteiger partial charge is 0.466 e. The molecule has 5 heteroatoms. The standard InChI is InChI=1S/C14H27NO4/c1-4-18-13(16)12-5-7-14(17,8-6-12)10-15-19-9-11(2)3/h11-12,15,17H,4-10H2,1-3H3. The van der Waals surface area contributed by atoms with E-state index in [1.165, 1.54) is 0 Å². The van der Waals surface area contributed by atoms with Crippen molar-refractivity contribution in [3.05, 3.63) is 0 Å². The second kappa shape index (κ2) is 7.82. The van der Waals surface area contributed by atoms with Crippen LogP contribution in [0.5, 0.6) is 0 Å². The molecule has 5 nitrogen and oxygen atoms in total. The van der Waals surface area contributed by atoms with Crippen LogP contribution < -0.4 is 5.48 Å². The smallest absolute Gasteiger partial charge is 0.308 e. The molecule has 112 valence electrons. The number of hydrogen-bond donors (Lipinski definition) is 2. The van der Waals surface area contributed by atoms with Gasteiger partial charge in [-0.2, -0.15) is 5.48 Å². The maximum atomic E-state index is 11.6. The Morgan fingerprint density at radius 1 is 1.42 bits per heavy atom. The third-order valence-corrected chi connectivity index (χ3v) is 3.46. The average molecular weight is 273 g/mol. The van der Waals surface area contributed by atoms with Crippen molar-refractivity contribution in [1.29, 1.82) is 0 Å². The van der Waals surface area contributed by atoms with Gasteiger partial charge in [0.15, 0.2) is 0 Å². The van der Waals surface area contributed by atoms with Crippen LogP contribution >= 0.6 is 0 Å². The van der Waals surface area contributed by atoms with Gasteiger partial charge < -0.3 is 14.7 Å². The van der Waals surface area contributed by atoms with E-state index >= 15 is 0 Å². The topological polar surface area (TPSA) is 67.8 Å². The van der Waals surface area contributed by atoms with Crippen LogP contribution in [0.15, 0.2) is 0 Å². The second-order valence-corrected chi connectivity index (χ2v) is 5.78. The summed E-state index contributed by atoms with van der Waals surface area (Å²) in [6.45, 7) is 7.41. The molecular formula is C14H27NO4. The molecule has 0 aromatic rings. The Hall–Kier alpha value is -0.650. The zero-order chi connectivity index (χ0) is 14.3. The molecule has 0 bridgehead atoms. The van der Waals surface area contributed by atoms with Gasteiger partial charge in [-0.25, -0.2) is 0 Å². The van der Waals surface area contributed by atoms with E-state index in [-0.39, 0.29) is 11.9 Å². The molecule has 2 N–H and O–H groups in total. The van der Waals surface area contributed by atoms with Crippen LogP contribution in [0.1, 0.15) is 46.5 Å². The van der Waals surface area contributed by atoms with Gasteiger partial charge in [-0.3, -0.25) is 4.79 Å². The lowest BCUT2D eigenvalue weighted by Crippen LogP contribution is -2.44. The Labute approximate surface area is 115 Å². The van der Waals surface area contributed by atoms with Crippen LogP contribution in [-0.4, -0.2) is 36.4 Å². The van der Waals surface area contributed by atoms with Crippen molar-refractivity contribution < 1.29 is 19.5 Å². The number of rotatable bonds is 7. The molecule has 0 spiro atoms. The van der Waals surface area contributed by atoms with Gasteiger partial charge in [0.1, 0.15) is 0 Å². The summed E-state index contributed by atoms with van der Waals surface area (Å²) < 4.78 is 5.01. The lowest BCUT2D eigenvalue weighted by Gasteiger charge is -2.35. The van der Waals surface area contributed by atoms with E-state index in [2.05, 4.69) is 19.3 Å². The highest BCUT2D eigenvalue weighted by Gasteiger charge is 2.36. The molecule has 0 aliphatic heterocycles. The molecule has 0 unspecified atom stereocenters. The monoisotopic (exact) mass is 273 g/mol. The zero-order valence-electron chi connectivity index (χ0n) is 12.3. The highest BCUT2D eigenvalue weighted by atomic mass is 16.6. The minimum atomic E-state index is -0.764. The molecule has 0 aromatic carbocycles. The summed E-state index contributed by atoms with van der Waals surface area (Å²) in [6.07, 6.45) is 2.57. The molecular weight excluding hydrogens is 246 g/mol. The van der Waals surface area contributed by atoms with Gasteiger partial charge in [0.25, 0.3) is 0 Å². The van der Waals surface area contributed by atoms with Crippen LogP contribution in [0.4, 0.5) is 0 Å². The van der Waals surface area contributed by atoms with E-state index in [1.807, 2.05) is 6.92 Å². The number of hydrogen-bond acceptors (Lipinski definition) is 5. The number of nitrogens with one attached hydrogen (secondary N) is 1. The first-order valence-electron chi connectivity index (χ1n) is 7.20. The first-order chi connectivity index (χ1) is 8.97. The number of ether oxygens (including phenoxy) is 1. The quantitative estimate of drug-likeness (QED) is 0.419. The van der Waals surface area contributed by atoms with Gasteiger partial charge in [0, 0.05) is 6.54 Å². The normalized spacial score (nSPS) is 27.5. The van der Waals surface area contributed by atoms with Crippen LogP contribution in [0.25, 0.3) is 0 Å². The Morgan fingerprint density at radius 3 is 2.58 bits per heavy atom. The fraction of sp³-hybridized carbons (Fsp3) is 0.929. The van der Waals surface area contributed by atoms with Gasteiger partial charge in [-0.05, 0) is 38.5 Å². The molecule has 1 rings (SSSR count). The number of aliphatic hydroxyl groups is 1. The van der Waals surface area contributed by atoms with Crippen LogP contribution in [0.2, 0.25) is 0 Å². The van der Waals surface area contributed by atoms with Gasteiger partial charge in [-0.1, -0.05) is 13.8 Å². The summed E-state index contributed by atoms with van der Waals surface area (Å²) in [4.78, 5) is 16.9. The molecule has 0 heterocycles. The molecule has 19 heavy (non-hydrogen) atoms. The van der Waals surface area contributed by atoms with Crippen LogP contribution in [0, 0.1) is 11.8 Å². The molecule has 1 aliphatic carbocycles. The Kier molecular flexibility index (Phi) is 6.75. The van der Waals surface area contributed by atoms with Crippen molar-refractivity contribution in [3.8, 4) is 0 Å². The maximum absolute atomic E-state index is 11.6. The van der Waals surface area contributed by atoms with Crippen molar-refractivity contribution in [1.82, 2.24) is 5.48 Å². The van der Waals surface area contributed by atoms with Gasteiger partial charge in [0.2, 0.25) is 0 Å². The Morgan fingerprint density at radius 2 is 2.05 bits per heavy atom. The number of carbonyl (C=O) groups excluding carboxylic acids is 1. The van der Waals surface area contributed by atoms with Crippen molar-refractivity contribution in [2.45, 2.75) is 52.1 Å². The highest BCUT2D eigenvalue weighted by Crippen LogP contribution is 2.32. The van der Waals surface area contributed by atoms with E-state index in [1.54, 1.807) is 0 Å². The predicted molar refractivity (Wildman–Crippen MR) is 72.3 cm³/mol. The number of esters is 1. The van der Waals surface area contributed by atoms with Gasteiger partial charge in [-0.15, -0.1) is 0 Å². The number of carbonyl (C=O) groups is 1. The lowest BCUT2D eigenvalue weighted by atomic mass is 9.79. The van der Waals surface area contributed by atoms with Crippen LogP contribution in [0.3, 0.4) is 0 Å². The van der Waals surface area contributed by atoms with Crippen molar-refractivity contribution in [2.75, 3.05) is 19.8 Å².